The third kappa shape index (κ3) is 1.62. The topological polar surface area (TPSA) is 49.3 Å². The Hall–Kier alpha value is -1.33. The Kier molecular flexibility index (Phi) is 2.41. The number of carbonyl (C=O) groups is 1. The molecule has 0 N–H and O–H groups in total. The Morgan fingerprint density at radius 2 is 2.06 bits per heavy atom. The van der Waals surface area contributed by atoms with Gasteiger partial charge in [0.1, 0.15) is 5.69 Å². The van der Waals surface area contributed by atoms with E-state index in [-0.39, 0.29) is 11.8 Å². The second-order valence-electron chi connectivity index (χ2n) is 4.31. The molecular weight excluding hydrogens is 204 g/mol. The summed E-state index contributed by atoms with van der Waals surface area (Å²) in [4.78, 5) is 24.9. The summed E-state index contributed by atoms with van der Waals surface area (Å²) in [5, 5.41) is 0. The summed E-state index contributed by atoms with van der Waals surface area (Å²) in [6, 6.07) is -0.0146. The third-order valence-electron chi connectivity index (χ3n) is 3.40. The number of hydrogen-bond acceptors (Lipinski definition) is 5. The molecule has 1 aromatic heterocycles. The smallest absolute Gasteiger partial charge is 0.201 e. The van der Waals surface area contributed by atoms with Gasteiger partial charge >= 0.3 is 0 Å². The normalized spacial score (nSPS) is 32.6. The van der Waals surface area contributed by atoms with Crippen molar-refractivity contribution >= 4 is 5.78 Å². The number of rotatable bonds is 2. The molecule has 3 aliphatic rings. The van der Waals surface area contributed by atoms with E-state index < -0.39 is 0 Å². The Morgan fingerprint density at radius 1 is 1.25 bits per heavy atom. The van der Waals surface area contributed by atoms with E-state index in [4.69, 9.17) is 0 Å². The highest BCUT2D eigenvalue weighted by atomic mass is 16.1. The first kappa shape index (κ1) is 9.86. The van der Waals surface area contributed by atoms with Gasteiger partial charge in [0.25, 0.3) is 0 Å². The fraction of sp³-hybridized carbons (Fsp3) is 0.545. The van der Waals surface area contributed by atoms with Crippen LogP contribution in [0.3, 0.4) is 0 Å². The van der Waals surface area contributed by atoms with Crippen molar-refractivity contribution in [2.75, 3.05) is 32.7 Å². The van der Waals surface area contributed by atoms with E-state index >= 15 is 0 Å². The molecular formula is C11H14N4O. The lowest BCUT2D eigenvalue weighted by Gasteiger charge is -2.46. The minimum Gasteiger partial charge on any atom is -0.299 e. The molecule has 16 heavy (non-hydrogen) atoms. The second kappa shape index (κ2) is 3.92. The molecule has 0 amide bonds. The lowest BCUT2D eigenvalue weighted by Crippen LogP contribution is -2.63. The standard InChI is InChI=1S/C11H14N4O/c16-11(9-7-12-1-2-13-9)10-8-14-3-5-15(10)6-4-14/h1-2,7,10H,3-6,8H2. The van der Waals surface area contributed by atoms with Crippen LogP contribution in [0.1, 0.15) is 10.5 Å². The van der Waals surface area contributed by atoms with Gasteiger partial charge in [0.15, 0.2) is 0 Å². The van der Waals surface area contributed by atoms with Crippen LogP contribution in [0.15, 0.2) is 18.6 Å². The van der Waals surface area contributed by atoms with Crippen LogP contribution in [-0.2, 0) is 0 Å². The number of ketones is 1. The number of aromatic nitrogens is 2. The highest BCUT2D eigenvalue weighted by Gasteiger charge is 2.36. The van der Waals surface area contributed by atoms with E-state index in [2.05, 4.69) is 19.8 Å². The molecule has 0 saturated carbocycles. The largest absolute Gasteiger partial charge is 0.299 e. The Morgan fingerprint density at radius 3 is 2.62 bits per heavy atom. The molecule has 2 bridgehead atoms. The van der Waals surface area contributed by atoms with Gasteiger partial charge in [-0.1, -0.05) is 0 Å². The Bertz CT molecular complexity index is 386. The third-order valence-corrected chi connectivity index (χ3v) is 3.40. The van der Waals surface area contributed by atoms with Crippen LogP contribution in [0.25, 0.3) is 0 Å². The van der Waals surface area contributed by atoms with Crippen LogP contribution >= 0.6 is 0 Å². The number of Topliss-reactive ketones (excluding diaryl/α,β-unsaturated/α-hetero) is 1. The summed E-state index contributed by atoms with van der Waals surface area (Å²) in [5.74, 6) is 0.109. The van der Waals surface area contributed by atoms with Crippen molar-refractivity contribution in [3.8, 4) is 0 Å². The Labute approximate surface area is 94.1 Å². The zero-order valence-corrected chi connectivity index (χ0v) is 9.04. The number of hydrogen-bond donors (Lipinski definition) is 0. The van der Waals surface area contributed by atoms with Gasteiger partial charge in [-0.05, 0) is 0 Å². The molecule has 3 aliphatic heterocycles. The summed E-state index contributed by atoms with van der Waals surface area (Å²) in [5.41, 5.74) is 0.487. The van der Waals surface area contributed by atoms with Crippen LogP contribution in [0.5, 0.6) is 0 Å². The molecule has 3 fully saturated rings. The van der Waals surface area contributed by atoms with E-state index in [1.807, 2.05) is 0 Å². The molecule has 3 saturated heterocycles. The van der Waals surface area contributed by atoms with Crippen LogP contribution in [-0.4, -0.2) is 64.3 Å². The van der Waals surface area contributed by atoms with Crippen molar-refractivity contribution in [1.29, 1.82) is 0 Å². The van der Waals surface area contributed by atoms with Gasteiger partial charge in [-0.3, -0.25) is 19.6 Å². The van der Waals surface area contributed by atoms with Gasteiger partial charge < -0.3 is 0 Å². The van der Waals surface area contributed by atoms with Crippen LogP contribution < -0.4 is 0 Å². The number of fused-ring (bicyclic) bond motifs is 3. The molecule has 0 aliphatic carbocycles. The maximum atomic E-state index is 12.2. The summed E-state index contributed by atoms with van der Waals surface area (Å²) >= 11 is 0. The molecule has 1 aromatic rings. The van der Waals surface area contributed by atoms with Gasteiger partial charge in [-0.25, -0.2) is 4.98 Å². The van der Waals surface area contributed by atoms with Gasteiger partial charge in [0.05, 0.1) is 12.2 Å². The second-order valence-corrected chi connectivity index (χ2v) is 4.31. The summed E-state index contributed by atoms with van der Waals surface area (Å²) in [6.07, 6.45) is 4.72. The SMILES string of the molecule is O=C(c1cnccn1)C1CN2CCN1CC2. The lowest BCUT2D eigenvalue weighted by molar-refractivity contribution is 0.0156. The van der Waals surface area contributed by atoms with Crippen molar-refractivity contribution < 1.29 is 4.79 Å². The van der Waals surface area contributed by atoms with Gasteiger partial charge in [0, 0.05) is 45.1 Å². The molecule has 0 radical (unpaired) electrons. The maximum absolute atomic E-state index is 12.2. The van der Waals surface area contributed by atoms with E-state index in [9.17, 15) is 4.79 Å². The van der Waals surface area contributed by atoms with E-state index in [0.717, 1.165) is 32.7 Å². The monoisotopic (exact) mass is 218 g/mol. The first-order valence-electron chi connectivity index (χ1n) is 5.61. The fourth-order valence-electron chi connectivity index (χ4n) is 2.46. The molecule has 1 atom stereocenters. The average molecular weight is 218 g/mol. The molecule has 1 unspecified atom stereocenters. The van der Waals surface area contributed by atoms with Crippen LogP contribution in [0.2, 0.25) is 0 Å². The first-order chi connectivity index (χ1) is 7.84. The van der Waals surface area contributed by atoms with Crippen molar-refractivity contribution in [2.24, 2.45) is 0 Å². The summed E-state index contributed by atoms with van der Waals surface area (Å²) in [7, 11) is 0. The molecule has 4 heterocycles. The number of nitrogens with zero attached hydrogens (tertiary/aromatic N) is 4. The van der Waals surface area contributed by atoms with Crippen LogP contribution in [0, 0.1) is 0 Å². The number of carbonyl (C=O) groups excluding carboxylic acids is 1. The first-order valence-corrected chi connectivity index (χ1v) is 5.61. The Balaban J connectivity index is 1.81. The van der Waals surface area contributed by atoms with Gasteiger partial charge in [0.2, 0.25) is 5.78 Å². The fourth-order valence-corrected chi connectivity index (χ4v) is 2.46. The van der Waals surface area contributed by atoms with Crippen molar-refractivity contribution in [3.05, 3.63) is 24.3 Å². The van der Waals surface area contributed by atoms with Crippen LogP contribution in [0.4, 0.5) is 0 Å². The summed E-state index contributed by atoms with van der Waals surface area (Å²) < 4.78 is 0. The number of piperazine rings is 3. The predicted molar refractivity (Wildman–Crippen MR) is 58.2 cm³/mol. The van der Waals surface area contributed by atoms with Crippen molar-refractivity contribution in [1.82, 2.24) is 19.8 Å². The van der Waals surface area contributed by atoms with E-state index in [1.54, 1.807) is 18.6 Å². The lowest BCUT2D eigenvalue weighted by atomic mass is 10.0. The highest BCUT2D eigenvalue weighted by Crippen LogP contribution is 2.18. The molecule has 84 valence electrons. The zero-order chi connectivity index (χ0) is 11.0. The van der Waals surface area contributed by atoms with Gasteiger partial charge in [-0.2, -0.15) is 0 Å². The van der Waals surface area contributed by atoms with Crippen molar-refractivity contribution in [2.45, 2.75) is 6.04 Å². The van der Waals surface area contributed by atoms with E-state index in [1.165, 1.54) is 0 Å². The highest BCUT2D eigenvalue weighted by molar-refractivity contribution is 5.98. The predicted octanol–water partition coefficient (Wildman–Crippen LogP) is -0.341. The molecule has 5 heteroatoms. The minimum absolute atomic E-state index is 0.0146. The van der Waals surface area contributed by atoms with Crippen molar-refractivity contribution in [3.63, 3.8) is 0 Å². The maximum Gasteiger partial charge on any atom is 0.201 e. The van der Waals surface area contributed by atoms with Gasteiger partial charge in [-0.15, -0.1) is 0 Å². The summed E-state index contributed by atoms with van der Waals surface area (Å²) in [6.45, 7) is 5.01. The molecule has 0 aromatic carbocycles. The van der Waals surface area contributed by atoms with E-state index in [0.29, 0.717) is 5.69 Å². The average Bonchev–Trinajstić information content (AvgIpc) is 2.40. The molecule has 5 nitrogen and oxygen atoms in total. The molecule has 0 spiro atoms. The quantitative estimate of drug-likeness (QED) is 0.636. The minimum atomic E-state index is -0.0146. The zero-order valence-electron chi connectivity index (χ0n) is 9.04. The molecule has 4 rings (SSSR count).